The lowest BCUT2D eigenvalue weighted by Crippen LogP contribution is -2.52. The standard InChI is InChI=1S/C46H48N6O6/c1-27-3-9-41(44(53)49-27)52-45(54)37-8-6-32(20-38(37)46(52)55)51-25-35(26-51)57-16-13-29-17-28(18-29)12-15-56-33-21-34(22-33)58-43-10-5-31(23-48-43)30-4-7-36-39-24-47-14-11-40(39)50(2)42(36)19-30/h4-8,10-11,14,19-20,23-24,28-29,33-35,41H,1,3,9,12-13,15-18,21-22,25-26H2,2H3,(H,49,53). The van der Waals surface area contributed by atoms with Crippen LogP contribution in [0.25, 0.3) is 32.9 Å². The number of ether oxygens (including phenoxy) is 3. The summed E-state index contributed by atoms with van der Waals surface area (Å²) in [5, 5.41) is 5.04. The fourth-order valence-electron chi connectivity index (χ4n) is 9.41. The number of benzene rings is 2. The minimum atomic E-state index is -0.803. The largest absolute Gasteiger partial charge is 0.474 e. The van der Waals surface area contributed by atoms with Gasteiger partial charge < -0.3 is 29.0 Å². The SMILES string of the molecule is C=C1CCC(N2C(=O)c3ccc(N4CC(OCCC5CC(CCOC6CC(Oc7ccc(-c8ccc9c%10cnccc%10n(C)c9c8)cn7)C6)C5)C4)cc3C2=O)C(=O)N1. The van der Waals surface area contributed by atoms with Crippen LogP contribution in [-0.2, 0) is 21.3 Å². The second kappa shape index (κ2) is 15.0. The van der Waals surface area contributed by atoms with Crippen LogP contribution in [0.15, 0.2) is 85.5 Å². The van der Waals surface area contributed by atoms with E-state index < -0.39 is 17.9 Å². The number of allylic oxidation sites excluding steroid dienone is 1. The molecule has 1 N–H and O–H groups in total. The summed E-state index contributed by atoms with van der Waals surface area (Å²) in [6.07, 6.45) is 13.6. The zero-order valence-electron chi connectivity index (χ0n) is 32.8. The molecule has 2 aromatic carbocycles. The molecule has 10 rings (SSSR count). The fourth-order valence-corrected chi connectivity index (χ4v) is 9.41. The molecule has 1 atom stereocenters. The molecule has 58 heavy (non-hydrogen) atoms. The van der Waals surface area contributed by atoms with E-state index in [4.69, 9.17) is 14.2 Å². The Morgan fingerprint density at radius 1 is 0.776 bits per heavy atom. The number of hydrogen-bond acceptors (Lipinski definition) is 9. The van der Waals surface area contributed by atoms with Gasteiger partial charge in [0.25, 0.3) is 11.8 Å². The quantitative estimate of drug-likeness (QED) is 0.128. The number of nitrogens with zero attached hydrogens (tertiary/aromatic N) is 5. The molecular formula is C46H48N6O6. The van der Waals surface area contributed by atoms with Crippen LogP contribution in [-0.4, -0.2) is 87.8 Å². The van der Waals surface area contributed by atoms with E-state index in [2.05, 4.69) is 68.7 Å². The highest BCUT2D eigenvalue weighted by Gasteiger charge is 2.44. The number of pyridine rings is 2. The lowest BCUT2D eigenvalue weighted by Gasteiger charge is -2.41. The number of nitrogens with one attached hydrogen (secondary N) is 1. The first kappa shape index (κ1) is 36.7. The Hall–Kier alpha value is -5.59. The molecule has 0 spiro atoms. The van der Waals surface area contributed by atoms with E-state index >= 15 is 0 Å². The van der Waals surface area contributed by atoms with Crippen molar-refractivity contribution in [1.82, 2.24) is 24.8 Å². The Balaban J connectivity index is 0.593. The van der Waals surface area contributed by atoms with Gasteiger partial charge in [0, 0.05) is 104 Å². The lowest BCUT2D eigenvalue weighted by atomic mass is 9.72. The van der Waals surface area contributed by atoms with Crippen molar-refractivity contribution >= 4 is 45.2 Å². The van der Waals surface area contributed by atoms with E-state index in [0.717, 1.165) is 85.0 Å². The van der Waals surface area contributed by atoms with Gasteiger partial charge >= 0.3 is 0 Å². The highest BCUT2D eigenvalue weighted by atomic mass is 16.5. The van der Waals surface area contributed by atoms with Crippen molar-refractivity contribution in [2.75, 3.05) is 31.2 Å². The minimum Gasteiger partial charge on any atom is -0.474 e. The van der Waals surface area contributed by atoms with Crippen molar-refractivity contribution in [3.8, 4) is 17.0 Å². The first-order valence-corrected chi connectivity index (χ1v) is 20.7. The number of carbonyl (C=O) groups excluding carboxylic acids is 3. The van der Waals surface area contributed by atoms with Crippen molar-refractivity contribution in [2.45, 2.75) is 75.7 Å². The Morgan fingerprint density at radius 3 is 2.29 bits per heavy atom. The molecule has 3 aliphatic heterocycles. The first-order chi connectivity index (χ1) is 28.3. The number of hydrogen-bond donors (Lipinski definition) is 1. The van der Waals surface area contributed by atoms with Gasteiger partial charge in [-0.3, -0.25) is 24.3 Å². The summed E-state index contributed by atoms with van der Waals surface area (Å²) in [5.74, 6) is 0.937. The topological polar surface area (TPSA) is 128 Å². The number of rotatable bonds is 13. The molecule has 5 aromatic rings. The molecule has 2 saturated carbocycles. The summed E-state index contributed by atoms with van der Waals surface area (Å²) < 4.78 is 20.8. The van der Waals surface area contributed by atoms with Gasteiger partial charge in [0.1, 0.15) is 12.1 Å². The molecule has 0 radical (unpaired) electrons. The zero-order valence-corrected chi connectivity index (χ0v) is 32.8. The maximum absolute atomic E-state index is 13.2. The molecule has 3 aromatic heterocycles. The van der Waals surface area contributed by atoms with E-state index in [1.165, 1.54) is 29.3 Å². The summed E-state index contributed by atoms with van der Waals surface area (Å²) in [4.78, 5) is 51.0. The summed E-state index contributed by atoms with van der Waals surface area (Å²) in [6.45, 7) is 6.86. The van der Waals surface area contributed by atoms with Gasteiger partial charge in [0.15, 0.2) is 0 Å². The molecule has 2 saturated heterocycles. The van der Waals surface area contributed by atoms with Crippen LogP contribution >= 0.6 is 0 Å². The number of aromatic nitrogens is 3. The summed E-state index contributed by atoms with van der Waals surface area (Å²) in [5.41, 5.74) is 6.75. The molecule has 2 aliphatic carbocycles. The maximum atomic E-state index is 13.2. The van der Waals surface area contributed by atoms with Crippen molar-refractivity contribution in [2.24, 2.45) is 18.9 Å². The molecule has 4 fully saturated rings. The third kappa shape index (κ3) is 6.81. The third-order valence-electron chi connectivity index (χ3n) is 13.1. The first-order valence-electron chi connectivity index (χ1n) is 20.7. The smallest absolute Gasteiger partial charge is 0.262 e. The molecule has 5 aliphatic rings. The van der Waals surface area contributed by atoms with Crippen LogP contribution in [0.1, 0.15) is 72.1 Å². The van der Waals surface area contributed by atoms with Crippen LogP contribution in [0.3, 0.4) is 0 Å². The second-order valence-corrected chi connectivity index (χ2v) is 16.8. The Morgan fingerprint density at radius 2 is 1.53 bits per heavy atom. The third-order valence-corrected chi connectivity index (χ3v) is 13.1. The van der Waals surface area contributed by atoms with Crippen LogP contribution < -0.4 is 15.0 Å². The minimum absolute atomic E-state index is 0.146. The number of anilines is 1. The van der Waals surface area contributed by atoms with Gasteiger partial charge in [0.2, 0.25) is 11.8 Å². The van der Waals surface area contributed by atoms with Crippen molar-refractivity contribution in [3.63, 3.8) is 0 Å². The van der Waals surface area contributed by atoms with E-state index in [1.54, 1.807) is 12.1 Å². The van der Waals surface area contributed by atoms with E-state index in [-0.39, 0.29) is 24.2 Å². The van der Waals surface area contributed by atoms with Gasteiger partial charge in [-0.25, -0.2) is 4.98 Å². The molecule has 298 valence electrons. The summed E-state index contributed by atoms with van der Waals surface area (Å²) >= 11 is 0. The number of fused-ring (bicyclic) bond motifs is 4. The van der Waals surface area contributed by atoms with E-state index in [9.17, 15) is 14.4 Å². The number of aryl methyl sites for hydroxylation is 1. The summed E-state index contributed by atoms with van der Waals surface area (Å²) in [7, 11) is 2.09. The molecule has 12 nitrogen and oxygen atoms in total. The van der Waals surface area contributed by atoms with Crippen LogP contribution in [0, 0.1) is 11.8 Å². The number of piperidine rings is 1. The van der Waals surface area contributed by atoms with Gasteiger partial charge in [-0.1, -0.05) is 18.7 Å². The Labute approximate surface area is 337 Å². The summed E-state index contributed by atoms with van der Waals surface area (Å²) in [6, 6.07) is 17.2. The predicted molar refractivity (Wildman–Crippen MR) is 219 cm³/mol. The molecule has 3 amide bonds. The molecule has 0 bridgehead atoms. The number of imide groups is 1. The normalized spacial score (nSPS) is 24.5. The van der Waals surface area contributed by atoms with Crippen molar-refractivity contribution in [3.05, 3.63) is 96.6 Å². The monoisotopic (exact) mass is 780 g/mol. The van der Waals surface area contributed by atoms with Crippen LogP contribution in [0.2, 0.25) is 0 Å². The van der Waals surface area contributed by atoms with Crippen LogP contribution in [0.4, 0.5) is 5.69 Å². The average molecular weight is 781 g/mol. The van der Waals surface area contributed by atoms with Crippen molar-refractivity contribution in [1.29, 1.82) is 0 Å². The number of amides is 3. The van der Waals surface area contributed by atoms with Crippen LogP contribution in [0.5, 0.6) is 5.88 Å². The van der Waals surface area contributed by atoms with Gasteiger partial charge in [-0.2, -0.15) is 0 Å². The van der Waals surface area contributed by atoms with Gasteiger partial charge in [-0.05, 0) is 92.3 Å². The lowest BCUT2D eigenvalue weighted by molar-refractivity contribution is -0.125. The van der Waals surface area contributed by atoms with E-state index in [1.807, 2.05) is 30.7 Å². The van der Waals surface area contributed by atoms with Gasteiger partial charge in [0.05, 0.1) is 28.9 Å². The average Bonchev–Trinajstić information content (AvgIpc) is 3.61. The van der Waals surface area contributed by atoms with E-state index in [0.29, 0.717) is 41.5 Å². The fraction of sp³-hybridized carbons (Fsp3) is 0.413. The Bertz CT molecular complexity index is 2430. The Kier molecular flexibility index (Phi) is 9.48. The highest BCUT2D eigenvalue weighted by molar-refractivity contribution is 6.23. The highest BCUT2D eigenvalue weighted by Crippen LogP contribution is 2.39. The molecule has 1 unspecified atom stereocenters. The molecular weight excluding hydrogens is 733 g/mol. The van der Waals surface area contributed by atoms with Crippen molar-refractivity contribution < 1.29 is 28.6 Å². The molecule has 6 heterocycles. The molecule has 12 heteroatoms. The maximum Gasteiger partial charge on any atom is 0.262 e. The second-order valence-electron chi connectivity index (χ2n) is 16.8. The number of carbonyl (C=O) groups is 3. The van der Waals surface area contributed by atoms with Gasteiger partial charge in [-0.15, -0.1) is 0 Å². The predicted octanol–water partition coefficient (Wildman–Crippen LogP) is 6.82. The zero-order chi connectivity index (χ0) is 39.5.